The lowest BCUT2D eigenvalue weighted by atomic mass is 10.1. The highest BCUT2D eigenvalue weighted by atomic mass is 19.1. The van der Waals surface area contributed by atoms with E-state index in [2.05, 4.69) is 10.2 Å². The number of likely N-dealkylation sites (N-methyl/N-ethyl adjacent to an activating group) is 1. The van der Waals surface area contributed by atoms with Crippen LogP contribution >= 0.6 is 0 Å². The molecule has 0 saturated heterocycles. The van der Waals surface area contributed by atoms with E-state index in [0.29, 0.717) is 19.1 Å². The van der Waals surface area contributed by atoms with Gasteiger partial charge in [-0.2, -0.15) is 5.10 Å². The van der Waals surface area contributed by atoms with E-state index >= 15 is 0 Å². The van der Waals surface area contributed by atoms with Crippen molar-refractivity contribution < 1.29 is 13.9 Å². The summed E-state index contributed by atoms with van der Waals surface area (Å²) in [4.78, 5) is 14.0. The van der Waals surface area contributed by atoms with Crippen LogP contribution in [0.4, 0.5) is 4.39 Å². The Bertz CT molecular complexity index is 742. The molecule has 1 amide bonds. The normalized spacial score (nSPS) is 15.0. The lowest BCUT2D eigenvalue weighted by Crippen LogP contribution is -2.37. The summed E-state index contributed by atoms with van der Waals surface area (Å²) in [5.41, 5.74) is 2.45. The summed E-state index contributed by atoms with van der Waals surface area (Å²) in [6.45, 7) is 3.17. The van der Waals surface area contributed by atoms with E-state index in [1.807, 2.05) is 26.1 Å². The summed E-state index contributed by atoms with van der Waals surface area (Å²) in [7, 11) is 1.81. The molecule has 1 fully saturated rings. The van der Waals surface area contributed by atoms with E-state index in [-0.39, 0.29) is 17.8 Å². The van der Waals surface area contributed by atoms with Gasteiger partial charge < -0.3 is 9.64 Å². The van der Waals surface area contributed by atoms with Crippen molar-refractivity contribution in [2.45, 2.75) is 38.7 Å². The number of ether oxygens (including phenoxy) is 1. The van der Waals surface area contributed by atoms with Crippen LogP contribution in [0, 0.1) is 11.7 Å². The summed E-state index contributed by atoms with van der Waals surface area (Å²) in [6.07, 6.45) is 3.66. The second-order valence-electron chi connectivity index (χ2n) is 7.07. The Hall–Kier alpha value is -2.21. The molecule has 1 atom stereocenters. The molecule has 1 aromatic heterocycles. The maximum absolute atomic E-state index is 13.3. The highest BCUT2D eigenvalue weighted by Crippen LogP contribution is 2.29. The Morgan fingerprint density at radius 1 is 1.42 bits per heavy atom. The quantitative estimate of drug-likeness (QED) is 0.746. The van der Waals surface area contributed by atoms with E-state index < -0.39 is 0 Å². The van der Waals surface area contributed by atoms with Gasteiger partial charge in [0.2, 0.25) is 0 Å². The molecule has 140 valence electrons. The molecule has 1 aliphatic rings. The van der Waals surface area contributed by atoms with Gasteiger partial charge in [0.05, 0.1) is 12.3 Å². The number of benzene rings is 1. The van der Waals surface area contributed by atoms with Crippen molar-refractivity contribution in [1.29, 1.82) is 0 Å². The van der Waals surface area contributed by atoms with Crippen LogP contribution in [0.1, 0.15) is 31.9 Å². The van der Waals surface area contributed by atoms with E-state index in [0.717, 1.165) is 29.8 Å². The minimum Gasteiger partial charge on any atom is -0.368 e. The molecule has 1 heterocycles. The third kappa shape index (κ3) is 5.14. The largest absolute Gasteiger partial charge is 0.368 e. The maximum atomic E-state index is 13.3. The van der Waals surface area contributed by atoms with Gasteiger partial charge in [0, 0.05) is 24.8 Å². The Morgan fingerprint density at radius 2 is 2.23 bits per heavy atom. The number of hydrogen-bond donors (Lipinski definition) is 1. The van der Waals surface area contributed by atoms with Gasteiger partial charge in [-0.25, -0.2) is 4.39 Å². The van der Waals surface area contributed by atoms with E-state index in [1.54, 1.807) is 11.0 Å². The number of carbonyl (C=O) groups excluding carboxylic acids is 1. The van der Waals surface area contributed by atoms with Crippen molar-refractivity contribution in [1.82, 2.24) is 15.1 Å². The number of nitrogens with one attached hydrogen (secondary N) is 1. The molecule has 1 aliphatic carbocycles. The van der Waals surface area contributed by atoms with Crippen LogP contribution in [0.5, 0.6) is 0 Å². The van der Waals surface area contributed by atoms with Crippen molar-refractivity contribution in [2.24, 2.45) is 5.92 Å². The molecule has 0 aliphatic heterocycles. The minimum atomic E-state index is -0.382. The van der Waals surface area contributed by atoms with Gasteiger partial charge in [0.15, 0.2) is 0 Å². The van der Waals surface area contributed by atoms with Gasteiger partial charge in [-0.3, -0.25) is 9.89 Å². The number of carbonyl (C=O) groups is 1. The summed E-state index contributed by atoms with van der Waals surface area (Å²) in [5, 5.41) is 7.23. The van der Waals surface area contributed by atoms with Gasteiger partial charge in [-0.05, 0) is 56.7 Å². The fourth-order valence-electron chi connectivity index (χ4n) is 2.85. The number of hydrogen-bond acceptors (Lipinski definition) is 3. The standard InChI is InChI=1S/C20H26FN3O2/c1-14(26-13-15-8-9-15)20(25)24(2)10-4-7-18-12-19(23-22-18)16-5-3-6-17(21)11-16/h3,5-6,11-12,14-15H,4,7-10,13H2,1-2H3,(H,22,23). The third-order valence-electron chi connectivity index (χ3n) is 4.69. The zero-order chi connectivity index (χ0) is 18.5. The van der Waals surface area contributed by atoms with Crippen molar-refractivity contribution in [3.63, 3.8) is 0 Å². The van der Waals surface area contributed by atoms with Gasteiger partial charge in [-0.15, -0.1) is 0 Å². The molecule has 3 rings (SSSR count). The summed E-state index contributed by atoms with van der Waals surface area (Å²) >= 11 is 0. The molecule has 0 spiro atoms. The molecule has 5 nitrogen and oxygen atoms in total. The number of rotatable bonds is 9. The van der Waals surface area contributed by atoms with Gasteiger partial charge in [-0.1, -0.05) is 12.1 Å². The molecule has 1 saturated carbocycles. The second-order valence-corrected chi connectivity index (χ2v) is 7.07. The highest BCUT2D eigenvalue weighted by Gasteiger charge is 2.25. The van der Waals surface area contributed by atoms with Crippen LogP contribution in [-0.4, -0.2) is 47.3 Å². The van der Waals surface area contributed by atoms with Crippen molar-refractivity contribution >= 4 is 5.91 Å². The molecule has 6 heteroatoms. The molecule has 1 N–H and O–H groups in total. The van der Waals surface area contributed by atoms with Crippen LogP contribution in [0.2, 0.25) is 0 Å². The summed E-state index contributed by atoms with van der Waals surface area (Å²) in [5.74, 6) is 0.407. The fourth-order valence-corrected chi connectivity index (χ4v) is 2.85. The van der Waals surface area contributed by atoms with Gasteiger partial charge >= 0.3 is 0 Å². The predicted molar refractivity (Wildman–Crippen MR) is 98.1 cm³/mol. The third-order valence-corrected chi connectivity index (χ3v) is 4.69. The maximum Gasteiger partial charge on any atom is 0.251 e. The highest BCUT2D eigenvalue weighted by molar-refractivity contribution is 5.80. The number of aromatic nitrogens is 2. The van der Waals surface area contributed by atoms with E-state index in [9.17, 15) is 9.18 Å². The summed E-state index contributed by atoms with van der Waals surface area (Å²) in [6, 6.07) is 8.32. The molecule has 2 aromatic rings. The Balaban J connectivity index is 1.43. The lowest BCUT2D eigenvalue weighted by Gasteiger charge is -2.21. The first kappa shape index (κ1) is 18.6. The molecular formula is C20H26FN3O2. The fraction of sp³-hybridized carbons (Fsp3) is 0.500. The first-order valence-electron chi connectivity index (χ1n) is 9.19. The van der Waals surface area contributed by atoms with Crippen molar-refractivity contribution in [3.8, 4) is 11.3 Å². The average molecular weight is 359 g/mol. The Kier molecular flexibility index (Phi) is 6.04. The monoisotopic (exact) mass is 359 g/mol. The van der Waals surface area contributed by atoms with Crippen LogP contribution in [0.3, 0.4) is 0 Å². The number of aryl methyl sites for hydroxylation is 1. The number of aromatic amines is 1. The molecule has 1 unspecified atom stereocenters. The zero-order valence-corrected chi connectivity index (χ0v) is 15.4. The summed E-state index contributed by atoms with van der Waals surface area (Å²) < 4.78 is 18.9. The minimum absolute atomic E-state index is 0.0238. The van der Waals surface area contributed by atoms with Crippen molar-refractivity contribution in [3.05, 3.63) is 41.8 Å². The van der Waals surface area contributed by atoms with E-state index in [1.165, 1.54) is 25.0 Å². The molecular weight excluding hydrogens is 333 g/mol. The molecule has 1 aromatic carbocycles. The predicted octanol–water partition coefficient (Wildman–Crippen LogP) is 3.42. The first-order chi connectivity index (χ1) is 12.5. The SMILES string of the molecule is CC(OCC1CC1)C(=O)N(C)CCCc1cc(-c2cccc(F)c2)n[nH]1. The lowest BCUT2D eigenvalue weighted by molar-refractivity contribution is -0.141. The Morgan fingerprint density at radius 3 is 2.96 bits per heavy atom. The Labute approximate surface area is 153 Å². The number of H-pyrrole nitrogens is 1. The average Bonchev–Trinajstić information content (AvgIpc) is 3.35. The van der Waals surface area contributed by atoms with Crippen molar-refractivity contribution in [2.75, 3.05) is 20.2 Å². The van der Waals surface area contributed by atoms with Crippen LogP contribution in [-0.2, 0) is 16.0 Å². The zero-order valence-electron chi connectivity index (χ0n) is 15.4. The van der Waals surface area contributed by atoms with Crippen LogP contribution in [0.15, 0.2) is 30.3 Å². The molecule has 26 heavy (non-hydrogen) atoms. The van der Waals surface area contributed by atoms with Crippen LogP contribution in [0.25, 0.3) is 11.3 Å². The topological polar surface area (TPSA) is 58.2 Å². The molecule has 0 bridgehead atoms. The van der Waals surface area contributed by atoms with E-state index in [4.69, 9.17) is 4.74 Å². The molecule has 0 radical (unpaired) electrons. The smallest absolute Gasteiger partial charge is 0.251 e. The van der Waals surface area contributed by atoms with Crippen LogP contribution < -0.4 is 0 Å². The van der Waals surface area contributed by atoms with Gasteiger partial charge in [0.25, 0.3) is 5.91 Å². The number of halogens is 1. The number of amides is 1. The van der Waals surface area contributed by atoms with Gasteiger partial charge in [0.1, 0.15) is 11.9 Å². The first-order valence-corrected chi connectivity index (χ1v) is 9.19. The number of nitrogens with zero attached hydrogens (tertiary/aromatic N) is 2. The second kappa shape index (κ2) is 8.45.